The lowest BCUT2D eigenvalue weighted by atomic mass is 9.82. The van der Waals surface area contributed by atoms with Gasteiger partial charge in [0, 0.05) is 22.0 Å². The number of Topliss-reactive ketones (excluding diaryl/α,β-unsaturated/α-hetero) is 1. The van der Waals surface area contributed by atoms with Crippen molar-refractivity contribution in [3.8, 4) is 17.0 Å². The van der Waals surface area contributed by atoms with E-state index in [1.165, 1.54) is 24.3 Å². The molecule has 1 aliphatic rings. The maximum atomic E-state index is 14.1. The summed E-state index contributed by atoms with van der Waals surface area (Å²) in [4.78, 5) is 23.4. The number of ketones is 1. The topological polar surface area (TPSA) is 63.7 Å². The highest BCUT2D eigenvalue weighted by atomic mass is 19.1. The van der Waals surface area contributed by atoms with Crippen LogP contribution in [0.4, 0.5) is 8.78 Å². The third-order valence-electron chi connectivity index (χ3n) is 6.81. The largest absolute Gasteiger partial charge is 0.497 e. The molecule has 0 saturated carbocycles. The number of para-hydroxylation sites is 1. The molecule has 1 aromatic heterocycles. The number of nitrogens with zero attached hydrogens (tertiary/aromatic N) is 1. The van der Waals surface area contributed by atoms with Crippen molar-refractivity contribution in [1.29, 1.82) is 0 Å². The fourth-order valence-corrected chi connectivity index (χ4v) is 4.92. The summed E-state index contributed by atoms with van der Waals surface area (Å²) in [6.07, 6.45) is -0.769. The zero-order valence-electron chi connectivity index (χ0n) is 20.3. The molecule has 2 atom stereocenters. The molecule has 0 aliphatic carbocycles. The molecule has 5 aromatic rings. The highest BCUT2D eigenvalue weighted by Gasteiger charge is 2.43. The van der Waals surface area contributed by atoms with E-state index in [1.54, 1.807) is 55.6 Å². The Morgan fingerprint density at radius 3 is 2.21 bits per heavy atom. The second-order valence-corrected chi connectivity index (χ2v) is 9.05. The fourth-order valence-electron chi connectivity index (χ4n) is 4.92. The molecular formula is C31H22F2N2O3. The van der Waals surface area contributed by atoms with Crippen molar-refractivity contribution in [2.75, 3.05) is 7.11 Å². The number of benzene rings is 4. The molecule has 5 nitrogen and oxygen atoms in total. The van der Waals surface area contributed by atoms with Gasteiger partial charge in [0.2, 0.25) is 0 Å². The van der Waals surface area contributed by atoms with Gasteiger partial charge in [-0.2, -0.15) is 0 Å². The SMILES string of the molecule is COc1ccc(C(=O)C2C(c3c(-c4ccc(F)cc4)[nH]c4ccccc34)=NOC2c2ccc(F)cc2)cc1. The van der Waals surface area contributed by atoms with Crippen LogP contribution in [-0.4, -0.2) is 23.6 Å². The average Bonchev–Trinajstić information content (AvgIpc) is 3.55. The molecule has 0 fully saturated rings. The highest BCUT2D eigenvalue weighted by molar-refractivity contribution is 6.25. The minimum Gasteiger partial charge on any atom is -0.497 e. The van der Waals surface area contributed by atoms with Crippen LogP contribution in [0.25, 0.3) is 22.2 Å². The Morgan fingerprint density at radius 2 is 1.53 bits per heavy atom. The van der Waals surface area contributed by atoms with E-state index in [2.05, 4.69) is 10.1 Å². The van der Waals surface area contributed by atoms with Crippen molar-refractivity contribution in [2.24, 2.45) is 11.1 Å². The van der Waals surface area contributed by atoms with E-state index in [-0.39, 0.29) is 17.4 Å². The van der Waals surface area contributed by atoms with Gasteiger partial charge >= 0.3 is 0 Å². The quantitative estimate of drug-likeness (QED) is 0.249. The number of aromatic nitrogens is 1. The maximum absolute atomic E-state index is 14.1. The van der Waals surface area contributed by atoms with Crippen molar-refractivity contribution in [3.05, 3.63) is 125 Å². The van der Waals surface area contributed by atoms with Crippen LogP contribution in [0.1, 0.15) is 27.6 Å². The lowest BCUT2D eigenvalue weighted by molar-refractivity contribution is 0.0533. The third-order valence-corrected chi connectivity index (χ3v) is 6.81. The van der Waals surface area contributed by atoms with E-state index in [1.807, 2.05) is 24.3 Å². The van der Waals surface area contributed by atoms with E-state index in [4.69, 9.17) is 9.57 Å². The number of nitrogens with one attached hydrogen (secondary N) is 1. The molecule has 7 heteroatoms. The molecule has 188 valence electrons. The smallest absolute Gasteiger partial charge is 0.176 e. The van der Waals surface area contributed by atoms with E-state index in [0.717, 1.165) is 16.5 Å². The van der Waals surface area contributed by atoms with E-state index in [0.29, 0.717) is 33.8 Å². The summed E-state index contributed by atoms with van der Waals surface area (Å²) in [6, 6.07) is 26.5. The van der Waals surface area contributed by atoms with Gasteiger partial charge in [0.15, 0.2) is 11.9 Å². The van der Waals surface area contributed by atoms with Gasteiger partial charge in [-0.25, -0.2) is 8.78 Å². The number of carbonyl (C=O) groups excluding carboxylic acids is 1. The zero-order chi connectivity index (χ0) is 26.2. The Kier molecular flexibility index (Phi) is 5.96. The fraction of sp³-hybridized carbons (Fsp3) is 0.0968. The molecule has 2 unspecified atom stereocenters. The Labute approximate surface area is 217 Å². The Hall–Kier alpha value is -4.78. The zero-order valence-corrected chi connectivity index (χ0v) is 20.3. The highest BCUT2D eigenvalue weighted by Crippen LogP contribution is 2.42. The third kappa shape index (κ3) is 4.12. The minimum absolute atomic E-state index is 0.200. The van der Waals surface area contributed by atoms with Crippen LogP contribution in [0.5, 0.6) is 5.75 Å². The number of fused-ring (bicyclic) bond motifs is 1. The summed E-state index contributed by atoms with van der Waals surface area (Å²) in [5.74, 6) is -1.14. The van der Waals surface area contributed by atoms with E-state index >= 15 is 0 Å². The van der Waals surface area contributed by atoms with Gasteiger partial charge in [-0.15, -0.1) is 0 Å². The van der Waals surface area contributed by atoms with Crippen molar-refractivity contribution in [1.82, 2.24) is 4.98 Å². The molecule has 1 N–H and O–H groups in total. The predicted octanol–water partition coefficient (Wildman–Crippen LogP) is 7.10. The van der Waals surface area contributed by atoms with Gasteiger partial charge in [0.1, 0.15) is 29.0 Å². The van der Waals surface area contributed by atoms with E-state index < -0.39 is 12.0 Å². The van der Waals surface area contributed by atoms with Crippen molar-refractivity contribution in [3.63, 3.8) is 0 Å². The van der Waals surface area contributed by atoms with Crippen LogP contribution in [0.3, 0.4) is 0 Å². The van der Waals surface area contributed by atoms with Crippen LogP contribution >= 0.6 is 0 Å². The normalized spacial score (nSPS) is 16.8. The number of rotatable bonds is 6. The number of H-pyrrole nitrogens is 1. The standard InChI is InChI=1S/C31H22F2N2O3/c1-37-23-16-10-19(11-17-23)30(36)27-29(35-38-31(27)20-8-14-22(33)15-9-20)26-24-4-2-3-5-25(24)34-28(26)18-6-12-21(32)13-7-18/h2-17,27,31,34H,1H3. The summed E-state index contributed by atoms with van der Waals surface area (Å²) in [6.45, 7) is 0. The molecule has 6 rings (SSSR count). The Balaban J connectivity index is 1.53. The van der Waals surface area contributed by atoms with Crippen molar-refractivity contribution >= 4 is 22.4 Å². The first-order valence-electron chi connectivity index (χ1n) is 12.1. The summed E-state index contributed by atoms with van der Waals surface area (Å²) < 4.78 is 32.7. The molecule has 0 amide bonds. The Morgan fingerprint density at radius 1 is 0.868 bits per heavy atom. The van der Waals surface area contributed by atoms with Crippen LogP contribution < -0.4 is 4.74 Å². The number of hydrogen-bond acceptors (Lipinski definition) is 4. The first kappa shape index (κ1) is 23.6. The molecule has 0 spiro atoms. The molecule has 0 saturated heterocycles. The molecule has 4 aromatic carbocycles. The van der Waals surface area contributed by atoms with Gasteiger partial charge in [-0.3, -0.25) is 4.79 Å². The molecule has 0 radical (unpaired) electrons. The summed E-state index contributed by atoms with van der Waals surface area (Å²) in [5.41, 5.74) is 4.50. The molecule has 0 bridgehead atoms. The van der Waals surface area contributed by atoms with Gasteiger partial charge in [0.25, 0.3) is 0 Å². The van der Waals surface area contributed by atoms with Crippen LogP contribution in [0, 0.1) is 17.6 Å². The number of aromatic amines is 1. The lowest BCUT2D eigenvalue weighted by Gasteiger charge is -2.19. The van der Waals surface area contributed by atoms with Crippen molar-refractivity contribution < 1.29 is 23.1 Å². The Bertz CT molecular complexity index is 1660. The second-order valence-electron chi connectivity index (χ2n) is 9.05. The number of hydrogen-bond donors (Lipinski definition) is 1. The van der Waals surface area contributed by atoms with Crippen LogP contribution in [-0.2, 0) is 4.84 Å². The minimum atomic E-state index is -0.827. The first-order valence-corrected chi connectivity index (χ1v) is 12.1. The molecular weight excluding hydrogens is 486 g/mol. The van der Waals surface area contributed by atoms with Crippen LogP contribution in [0.15, 0.2) is 102 Å². The number of carbonyl (C=O) groups is 1. The van der Waals surface area contributed by atoms with Gasteiger partial charge < -0.3 is 14.6 Å². The van der Waals surface area contributed by atoms with Gasteiger partial charge in [0.05, 0.1) is 12.8 Å². The maximum Gasteiger partial charge on any atom is 0.176 e. The number of ether oxygens (including phenoxy) is 1. The lowest BCUT2D eigenvalue weighted by Crippen LogP contribution is -2.27. The van der Waals surface area contributed by atoms with Crippen LogP contribution in [0.2, 0.25) is 0 Å². The average molecular weight is 509 g/mol. The second kappa shape index (κ2) is 9.59. The summed E-state index contributed by atoms with van der Waals surface area (Å²) >= 11 is 0. The van der Waals surface area contributed by atoms with Crippen molar-refractivity contribution in [2.45, 2.75) is 6.10 Å². The molecule has 38 heavy (non-hydrogen) atoms. The first-order chi connectivity index (χ1) is 18.5. The van der Waals surface area contributed by atoms with Gasteiger partial charge in [-0.05, 0) is 77.9 Å². The summed E-state index contributed by atoms with van der Waals surface area (Å²) in [7, 11) is 1.56. The molecule has 1 aliphatic heterocycles. The van der Waals surface area contributed by atoms with Gasteiger partial charge in [-0.1, -0.05) is 35.5 Å². The molecule has 2 heterocycles. The monoisotopic (exact) mass is 508 g/mol. The predicted molar refractivity (Wildman–Crippen MR) is 141 cm³/mol. The number of oxime groups is 1. The number of halogens is 2. The number of methoxy groups -OCH3 is 1. The summed E-state index contributed by atoms with van der Waals surface area (Å²) in [5, 5.41) is 5.31. The van der Waals surface area contributed by atoms with E-state index in [9.17, 15) is 13.6 Å².